The van der Waals surface area contributed by atoms with Gasteiger partial charge < -0.3 is 19.7 Å². The van der Waals surface area contributed by atoms with Gasteiger partial charge in [0.1, 0.15) is 17.9 Å². The number of fused-ring (bicyclic) bond motifs is 1. The summed E-state index contributed by atoms with van der Waals surface area (Å²) in [5, 5.41) is 4.12. The van der Waals surface area contributed by atoms with Crippen molar-refractivity contribution in [2.24, 2.45) is 0 Å². The van der Waals surface area contributed by atoms with Crippen LogP contribution in [0, 0.1) is 0 Å². The second-order valence-corrected chi connectivity index (χ2v) is 6.73. The number of carbonyl (C=O) groups is 1. The van der Waals surface area contributed by atoms with E-state index in [0.717, 1.165) is 10.9 Å². The maximum atomic E-state index is 11.5. The minimum atomic E-state index is -0.364. The third kappa shape index (κ3) is 3.91. The van der Waals surface area contributed by atoms with Gasteiger partial charge in [-0.3, -0.25) is 0 Å². The van der Waals surface area contributed by atoms with E-state index in [-0.39, 0.29) is 24.1 Å². The summed E-state index contributed by atoms with van der Waals surface area (Å²) in [6.45, 7) is 1.23. The lowest BCUT2D eigenvalue weighted by atomic mass is 10.2. The number of rotatable bonds is 6. The number of nitrogens with zero attached hydrogens (tertiary/aromatic N) is 4. The first-order chi connectivity index (χ1) is 13.6. The lowest BCUT2D eigenvalue weighted by molar-refractivity contribution is 0.102. The van der Waals surface area contributed by atoms with Gasteiger partial charge in [0, 0.05) is 25.2 Å². The first-order valence-corrected chi connectivity index (χ1v) is 9.12. The molecule has 1 saturated heterocycles. The lowest BCUT2D eigenvalue weighted by Gasteiger charge is -2.13. The SMILES string of the molecule is CN1CC(COc2nccc3c(NCc4ccccc4)nc(Cl)nc23)OC1=O. The molecule has 1 N–H and O–H groups in total. The number of aromatic nitrogens is 3. The molecule has 1 unspecified atom stereocenters. The van der Waals surface area contributed by atoms with Crippen LogP contribution in [0.2, 0.25) is 5.28 Å². The number of pyridine rings is 1. The van der Waals surface area contributed by atoms with Crippen molar-refractivity contribution in [3.8, 4) is 5.88 Å². The highest BCUT2D eigenvalue weighted by Crippen LogP contribution is 2.28. The van der Waals surface area contributed by atoms with E-state index in [2.05, 4.69) is 20.3 Å². The molecule has 2 aromatic heterocycles. The highest BCUT2D eigenvalue weighted by atomic mass is 35.5. The smallest absolute Gasteiger partial charge is 0.410 e. The number of hydrogen-bond donors (Lipinski definition) is 1. The van der Waals surface area contributed by atoms with Crippen molar-refractivity contribution in [3.63, 3.8) is 0 Å². The average molecular weight is 400 g/mol. The predicted octanol–water partition coefficient (Wildman–Crippen LogP) is 3.12. The first-order valence-electron chi connectivity index (χ1n) is 8.75. The Hall–Kier alpha value is -3.13. The molecular formula is C19H18ClN5O3. The summed E-state index contributed by atoms with van der Waals surface area (Å²) in [4.78, 5) is 25.8. The third-order valence-electron chi connectivity index (χ3n) is 4.32. The van der Waals surface area contributed by atoms with Gasteiger partial charge in [-0.25, -0.2) is 19.7 Å². The molecule has 3 heterocycles. The summed E-state index contributed by atoms with van der Waals surface area (Å²) < 4.78 is 11.0. The maximum absolute atomic E-state index is 11.5. The molecule has 1 aliphatic rings. The molecule has 0 aliphatic carbocycles. The number of carbonyl (C=O) groups excluding carboxylic acids is 1. The van der Waals surface area contributed by atoms with Crippen molar-refractivity contribution < 1.29 is 14.3 Å². The summed E-state index contributed by atoms with van der Waals surface area (Å²) in [5.74, 6) is 0.910. The van der Waals surface area contributed by atoms with E-state index in [0.29, 0.717) is 30.3 Å². The quantitative estimate of drug-likeness (QED) is 0.637. The number of nitrogens with one attached hydrogen (secondary N) is 1. The monoisotopic (exact) mass is 399 g/mol. The molecule has 1 fully saturated rings. The van der Waals surface area contributed by atoms with Gasteiger partial charge in [0.05, 0.1) is 6.54 Å². The molecule has 1 amide bonds. The van der Waals surface area contributed by atoms with Crippen LogP contribution in [0.15, 0.2) is 42.6 Å². The van der Waals surface area contributed by atoms with E-state index in [1.54, 1.807) is 19.3 Å². The zero-order valence-corrected chi connectivity index (χ0v) is 15.9. The van der Waals surface area contributed by atoms with Crippen molar-refractivity contribution in [1.82, 2.24) is 19.9 Å². The zero-order valence-electron chi connectivity index (χ0n) is 15.1. The molecule has 1 aromatic carbocycles. The Labute approximate surface area is 166 Å². The largest absolute Gasteiger partial charge is 0.472 e. The van der Waals surface area contributed by atoms with Gasteiger partial charge in [-0.1, -0.05) is 30.3 Å². The van der Waals surface area contributed by atoms with Gasteiger partial charge in [-0.15, -0.1) is 0 Å². The minimum Gasteiger partial charge on any atom is -0.472 e. The van der Waals surface area contributed by atoms with Crippen molar-refractivity contribution >= 4 is 34.4 Å². The Bertz CT molecular complexity index is 1000. The topological polar surface area (TPSA) is 89.5 Å². The van der Waals surface area contributed by atoms with Gasteiger partial charge in [0.15, 0.2) is 6.10 Å². The number of amides is 1. The standard InChI is InChI=1S/C19H18ClN5O3/c1-25-10-13(28-19(25)26)11-27-17-15-14(7-8-21-17)16(24-18(20)23-15)22-9-12-5-3-2-4-6-12/h2-8,13H,9-11H2,1H3,(H,22,23,24). The summed E-state index contributed by atoms with van der Waals surface area (Å²) in [5.41, 5.74) is 1.61. The fraction of sp³-hybridized carbons (Fsp3) is 0.263. The predicted molar refractivity (Wildman–Crippen MR) is 105 cm³/mol. The molecule has 0 bridgehead atoms. The summed E-state index contributed by atoms with van der Waals surface area (Å²) in [6.07, 6.45) is 0.898. The van der Waals surface area contributed by atoms with E-state index < -0.39 is 0 Å². The molecule has 144 valence electrons. The highest BCUT2D eigenvalue weighted by molar-refractivity contribution is 6.28. The average Bonchev–Trinajstić information content (AvgIpc) is 3.03. The van der Waals surface area contributed by atoms with Crippen LogP contribution < -0.4 is 10.1 Å². The summed E-state index contributed by atoms with van der Waals surface area (Å²) >= 11 is 6.12. The van der Waals surface area contributed by atoms with Crippen LogP contribution in [-0.2, 0) is 11.3 Å². The number of cyclic esters (lactones) is 1. The Balaban J connectivity index is 1.55. The van der Waals surface area contributed by atoms with Crippen LogP contribution in [0.4, 0.5) is 10.6 Å². The molecule has 0 spiro atoms. The number of anilines is 1. The number of hydrogen-bond acceptors (Lipinski definition) is 7. The van der Waals surface area contributed by atoms with E-state index in [4.69, 9.17) is 21.1 Å². The van der Waals surface area contributed by atoms with Gasteiger partial charge in [0.2, 0.25) is 11.2 Å². The van der Waals surface area contributed by atoms with Crippen molar-refractivity contribution in [2.45, 2.75) is 12.6 Å². The first kappa shape index (κ1) is 18.2. The van der Waals surface area contributed by atoms with Crippen LogP contribution in [0.25, 0.3) is 10.9 Å². The summed E-state index contributed by atoms with van der Waals surface area (Å²) in [6, 6.07) is 11.8. The highest BCUT2D eigenvalue weighted by Gasteiger charge is 2.29. The van der Waals surface area contributed by atoms with Crippen molar-refractivity contribution in [1.29, 1.82) is 0 Å². The fourth-order valence-corrected chi connectivity index (χ4v) is 3.10. The third-order valence-corrected chi connectivity index (χ3v) is 4.49. The fourth-order valence-electron chi connectivity index (χ4n) is 2.93. The second-order valence-electron chi connectivity index (χ2n) is 6.39. The van der Waals surface area contributed by atoms with Crippen LogP contribution in [0.1, 0.15) is 5.56 Å². The van der Waals surface area contributed by atoms with Crippen LogP contribution in [0.5, 0.6) is 5.88 Å². The molecule has 9 heteroatoms. The van der Waals surface area contributed by atoms with Gasteiger partial charge in [-0.2, -0.15) is 0 Å². The molecule has 0 saturated carbocycles. The van der Waals surface area contributed by atoms with Gasteiger partial charge in [0.25, 0.3) is 0 Å². The molecule has 0 radical (unpaired) electrons. The normalized spacial score (nSPS) is 16.3. The second kappa shape index (κ2) is 7.85. The maximum Gasteiger partial charge on any atom is 0.410 e. The zero-order chi connectivity index (χ0) is 19.5. The summed E-state index contributed by atoms with van der Waals surface area (Å²) in [7, 11) is 1.68. The van der Waals surface area contributed by atoms with E-state index >= 15 is 0 Å². The Morgan fingerprint density at radius 2 is 2.11 bits per heavy atom. The van der Waals surface area contributed by atoms with E-state index in [9.17, 15) is 4.79 Å². The number of halogens is 1. The number of benzene rings is 1. The number of likely N-dealkylation sites (N-methyl/N-ethyl adjacent to an activating group) is 1. The Morgan fingerprint density at radius 1 is 1.29 bits per heavy atom. The minimum absolute atomic E-state index is 0.0907. The molecule has 1 atom stereocenters. The van der Waals surface area contributed by atoms with Gasteiger partial charge in [-0.05, 0) is 23.2 Å². The number of ether oxygens (including phenoxy) is 2. The van der Waals surface area contributed by atoms with E-state index in [1.165, 1.54) is 4.90 Å². The molecule has 3 aromatic rings. The van der Waals surface area contributed by atoms with Crippen molar-refractivity contribution in [2.75, 3.05) is 25.5 Å². The molecule has 4 rings (SSSR count). The molecule has 28 heavy (non-hydrogen) atoms. The molecule has 8 nitrogen and oxygen atoms in total. The Morgan fingerprint density at radius 3 is 2.86 bits per heavy atom. The lowest BCUT2D eigenvalue weighted by Crippen LogP contribution is -2.23. The van der Waals surface area contributed by atoms with Crippen LogP contribution in [0.3, 0.4) is 0 Å². The molecular weight excluding hydrogens is 382 g/mol. The van der Waals surface area contributed by atoms with Crippen LogP contribution >= 0.6 is 11.6 Å². The Kier molecular flexibility index (Phi) is 5.12. The molecule has 1 aliphatic heterocycles. The van der Waals surface area contributed by atoms with Gasteiger partial charge >= 0.3 is 6.09 Å². The van der Waals surface area contributed by atoms with E-state index in [1.807, 2.05) is 30.3 Å². The van der Waals surface area contributed by atoms with Crippen molar-refractivity contribution in [3.05, 3.63) is 53.4 Å². The van der Waals surface area contributed by atoms with Crippen LogP contribution in [-0.4, -0.2) is 52.2 Å².